The maximum atomic E-state index is 13.1. The van der Waals surface area contributed by atoms with Crippen LogP contribution in [0.4, 0.5) is 5.69 Å². The molecule has 0 saturated carbocycles. The molecule has 0 fully saturated rings. The van der Waals surface area contributed by atoms with Crippen molar-refractivity contribution in [3.63, 3.8) is 0 Å². The molecule has 0 saturated heterocycles. The number of carboxylic acid groups (broad SMARTS) is 1. The first-order chi connectivity index (χ1) is 16.6. The van der Waals surface area contributed by atoms with Crippen LogP contribution in [-0.2, 0) is 32.5 Å². The molecule has 0 radical (unpaired) electrons. The maximum absolute atomic E-state index is 13.1. The highest BCUT2D eigenvalue weighted by atomic mass is 32.2. The summed E-state index contributed by atoms with van der Waals surface area (Å²) in [6, 6.07) is 12.4. The second kappa shape index (κ2) is 11.6. The fourth-order valence-corrected chi connectivity index (χ4v) is 3.98. The maximum Gasteiger partial charge on any atom is 0.326 e. The van der Waals surface area contributed by atoms with Crippen molar-refractivity contribution in [1.82, 2.24) is 20.6 Å². The summed E-state index contributed by atoms with van der Waals surface area (Å²) in [5, 5.41) is 23.1. The monoisotopic (exact) mass is 516 g/mol. The van der Waals surface area contributed by atoms with Crippen molar-refractivity contribution in [1.29, 1.82) is 0 Å². The molecule has 0 unspecified atom stereocenters. The zero-order valence-corrected chi connectivity index (χ0v) is 20.0. The molecule has 1 amide bonds. The molecule has 0 spiro atoms. The van der Waals surface area contributed by atoms with Gasteiger partial charge in [-0.3, -0.25) is 4.79 Å². The van der Waals surface area contributed by atoms with Gasteiger partial charge in [-0.1, -0.05) is 30.3 Å². The summed E-state index contributed by atoms with van der Waals surface area (Å²) in [4.78, 5) is 31.7. The Morgan fingerprint density at radius 2 is 1.71 bits per heavy atom. The Bertz CT molecular complexity index is 1270. The number of benzene rings is 2. The molecule has 0 aliphatic heterocycles. The smallest absolute Gasteiger partial charge is 0.326 e. The van der Waals surface area contributed by atoms with Crippen molar-refractivity contribution in [3.8, 4) is 0 Å². The fourth-order valence-electron chi connectivity index (χ4n) is 3.20. The van der Waals surface area contributed by atoms with Crippen LogP contribution < -0.4 is 21.1 Å². The molecule has 1 aromatic heterocycles. The summed E-state index contributed by atoms with van der Waals surface area (Å²) in [7, 11) is -3.84. The molecule has 184 valence electrons. The number of nitrogens with one attached hydrogen (secondary N) is 4. The first kappa shape index (κ1) is 25.8. The highest BCUT2D eigenvalue weighted by Gasteiger charge is 2.27. The van der Waals surface area contributed by atoms with E-state index in [1.54, 1.807) is 30.5 Å². The fraction of sp³-hybridized carbons (Fsp3) is 0.182. The first-order valence-corrected chi connectivity index (χ1v) is 12.3. The summed E-state index contributed by atoms with van der Waals surface area (Å²) in [5.41, 5.74) is 1.86. The van der Waals surface area contributed by atoms with Crippen LogP contribution in [-0.4, -0.2) is 52.6 Å². The lowest BCUT2D eigenvalue weighted by Crippen LogP contribution is -2.53. The number of imidazole rings is 1. The zero-order valence-electron chi connectivity index (χ0n) is 18.3. The van der Waals surface area contributed by atoms with Gasteiger partial charge in [0.15, 0.2) is 5.11 Å². The molecule has 13 heteroatoms. The lowest BCUT2D eigenvalue weighted by molar-refractivity contribution is -0.142. The normalized spacial score (nSPS) is 12.8. The number of thiocarbonyl (C=S) groups is 1. The second-order valence-electron chi connectivity index (χ2n) is 7.59. The number of carbonyl (C=O) groups is 2. The molecular weight excluding hydrogens is 492 g/mol. The Morgan fingerprint density at radius 3 is 2.29 bits per heavy atom. The summed E-state index contributed by atoms with van der Waals surface area (Å²) in [6.07, 6.45) is 3.26. The van der Waals surface area contributed by atoms with E-state index in [1.807, 2.05) is 6.07 Å². The number of hydrogen-bond donors (Lipinski definition) is 6. The van der Waals surface area contributed by atoms with E-state index in [4.69, 9.17) is 17.4 Å². The topological polar surface area (TPSA) is 179 Å². The van der Waals surface area contributed by atoms with Gasteiger partial charge < -0.3 is 26.0 Å². The summed E-state index contributed by atoms with van der Waals surface area (Å²) < 4.78 is 22.8. The Balaban J connectivity index is 1.70. The van der Waals surface area contributed by atoms with Gasteiger partial charge >= 0.3 is 5.97 Å². The number of carbonyl (C=O) groups excluding carboxylic acids is 1. The van der Waals surface area contributed by atoms with Gasteiger partial charge in [0, 0.05) is 30.4 Å². The van der Waals surface area contributed by atoms with Crippen LogP contribution in [0.1, 0.15) is 11.3 Å². The number of sulfonamides is 1. The minimum Gasteiger partial charge on any atom is -0.480 e. The number of nitrogens with zero attached hydrogens (tertiary/aromatic N) is 1. The molecule has 0 aliphatic rings. The predicted octanol–water partition coefficient (Wildman–Crippen LogP) is 0.767. The number of aromatic amines is 1. The third kappa shape index (κ3) is 7.88. The number of anilines is 1. The Hall–Kier alpha value is -3.81. The van der Waals surface area contributed by atoms with Gasteiger partial charge in [-0.2, -0.15) is 0 Å². The minimum absolute atomic E-state index is 0.0587. The summed E-state index contributed by atoms with van der Waals surface area (Å²) in [6.45, 7) is 0. The second-order valence-corrected chi connectivity index (χ2v) is 9.56. The average molecular weight is 517 g/mol. The quantitative estimate of drug-likeness (QED) is 0.212. The molecule has 0 aliphatic carbocycles. The van der Waals surface area contributed by atoms with E-state index in [0.29, 0.717) is 11.4 Å². The van der Waals surface area contributed by atoms with Gasteiger partial charge in [0.25, 0.3) is 0 Å². The number of primary sulfonamides is 1. The van der Waals surface area contributed by atoms with Gasteiger partial charge in [-0.25, -0.2) is 23.3 Å². The van der Waals surface area contributed by atoms with E-state index < -0.39 is 34.0 Å². The molecule has 0 bridgehead atoms. The SMILES string of the molecule is NS(=O)(=O)c1ccc(NC(=S)N[C@@H](Cc2cnc[nH]2)C(=O)N[C@@H](Cc2ccccc2)C(=O)O)cc1. The largest absolute Gasteiger partial charge is 0.480 e. The van der Waals surface area contributed by atoms with E-state index >= 15 is 0 Å². The Labute approximate surface area is 207 Å². The molecule has 11 nitrogen and oxygen atoms in total. The predicted molar refractivity (Wildman–Crippen MR) is 133 cm³/mol. The lowest BCUT2D eigenvalue weighted by atomic mass is 10.0. The average Bonchev–Trinajstić information content (AvgIpc) is 3.31. The molecule has 3 aromatic rings. The molecular formula is C22H24N6O5S2. The third-order valence-electron chi connectivity index (χ3n) is 4.94. The Morgan fingerprint density at radius 1 is 1.03 bits per heavy atom. The number of amides is 1. The van der Waals surface area contributed by atoms with Gasteiger partial charge in [-0.05, 0) is 42.0 Å². The highest BCUT2D eigenvalue weighted by molar-refractivity contribution is 7.89. The van der Waals surface area contributed by atoms with E-state index in [9.17, 15) is 23.1 Å². The number of H-pyrrole nitrogens is 1. The van der Waals surface area contributed by atoms with Gasteiger partial charge in [0.2, 0.25) is 15.9 Å². The number of rotatable bonds is 10. The van der Waals surface area contributed by atoms with Crippen molar-refractivity contribution < 1.29 is 23.1 Å². The highest BCUT2D eigenvalue weighted by Crippen LogP contribution is 2.13. The van der Waals surface area contributed by atoms with Crippen molar-refractivity contribution in [2.24, 2.45) is 5.14 Å². The van der Waals surface area contributed by atoms with E-state index in [1.165, 1.54) is 30.6 Å². The van der Waals surface area contributed by atoms with Crippen LogP contribution in [0.5, 0.6) is 0 Å². The number of hydrogen-bond acceptors (Lipinski definition) is 6. The van der Waals surface area contributed by atoms with Crippen molar-refractivity contribution in [3.05, 3.63) is 78.4 Å². The standard InChI is InChI=1S/C22H24N6O5S2/c23-35(32,33)17-8-6-15(7-9-17)26-22(34)28-18(11-16-12-24-13-25-16)20(29)27-19(21(30)31)10-14-4-2-1-3-5-14/h1-9,12-13,18-19H,10-11H2,(H,24,25)(H,27,29)(H,30,31)(H2,23,32,33)(H2,26,28,34)/t18-,19-/m0/s1. The summed E-state index contributed by atoms with van der Waals surface area (Å²) >= 11 is 5.32. The first-order valence-electron chi connectivity index (χ1n) is 10.4. The van der Waals surface area contributed by atoms with Crippen molar-refractivity contribution in [2.75, 3.05) is 5.32 Å². The summed E-state index contributed by atoms with van der Waals surface area (Å²) in [5.74, 6) is -1.74. The van der Waals surface area contributed by atoms with E-state index in [2.05, 4.69) is 25.9 Å². The van der Waals surface area contributed by atoms with E-state index in [0.717, 1.165) is 5.56 Å². The van der Waals surface area contributed by atoms with Crippen molar-refractivity contribution >= 4 is 44.9 Å². The van der Waals surface area contributed by atoms with Gasteiger partial charge in [0.1, 0.15) is 12.1 Å². The van der Waals surface area contributed by atoms with Crippen LogP contribution in [0.15, 0.2) is 72.0 Å². The van der Waals surface area contributed by atoms with Crippen LogP contribution in [0.2, 0.25) is 0 Å². The molecule has 7 N–H and O–H groups in total. The number of nitrogens with two attached hydrogens (primary N) is 1. The van der Waals surface area contributed by atoms with Crippen LogP contribution in [0.3, 0.4) is 0 Å². The van der Waals surface area contributed by atoms with Crippen LogP contribution >= 0.6 is 12.2 Å². The minimum atomic E-state index is -3.84. The molecule has 1 heterocycles. The molecule has 2 aromatic carbocycles. The molecule has 3 rings (SSSR count). The van der Waals surface area contributed by atoms with Gasteiger partial charge in [0.05, 0.1) is 11.2 Å². The van der Waals surface area contributed by atoms with Crippen LogP contribution in [0, 0.1) is 0 Å². The van der Waals surface area contributed by atoms with E-state index in [-0.39, 0.29) is 22.8 Å². The number of carboxylic acids is 1. The van der Waals surface area contributed by atoms with Crippen LogP contribution in [0.25, 0.3) is 0 Å². The lowest BCUT2D eigenvalue weighted by Gasteiger charge is -2.22. The third-order valence-corrected chi connectivity index (χ3v) is 6.09. The zero-order chi connectivity index (χ0) is 25.4. The number of aromatic nitrogens is 2. The number of aliphatic carboxylic acids is 1. The molecule has 2 atom stereocenters. The van der Waals surface area contributed by atoms with Crippen molar-refractivity contribution in [2.45, 2.75) is 29.8 Å². The van der Waals surface area contributed by atoms with Gasteiger partial charge in [-0.15, -0.1) is 0 Å². The Kier molecular flexibility index (Phi) is 8.52. The molecule has 35 heavy (non-hydrogen) atoms.